The molecule has 4 nitrogen and oxygen atoms in total. The molecule has 2 atom stereocenters. The highest BCUT2D eigenvalue weighted by atomic mass is 16.5. The lowest BCUT2D eigenvalue weighted by Crippen LogP contribution is -2.31. The van der Waals surface area contributed by atoms with Crippen molar-refractivity contribution in [1.82, 2.24) is 0 Å². The molecule has 138 valence electrons. The van der Waals surface area contributed by atoms with Gasteiger partial charge in [0.05, 0.1) is 30.4 Å². The van der Waals surface area contributed by atoms with Crippen molar-refractivity contribution in [3.63, 3.8) is 0 Å². The molecular formula is C22H28N2O2. The Morgan fingerprint density at radius 1 is 1.31 bits per heavy atom. The van der Waals surface area contributed by atoms with Gasteiger partial charge in [-0.3, -0.25) is 4.99 Å². The lowest BCUT2D eigenvalue weighted by Gasteiger charge is -2.31. The first-order valence-corrected chi connectivity index (χ1v) is 9.27. The summed E-state index contributed by atoms with van der Waals surface area (Å²) in [6.45, 7) is 8.34. The fourth-order valence-corrected chi connectivity index (χ4v) is 3.50. The number of nitrogens with zero attached hydrogens (tertiary/aromatic N) is 2. The number of methoxy groups -OCH3 is 1. The van der Waals surface area contributed by atoms with E-state index in [2.05, 4.69) is 26.8 Å². The van der Waals surface area contributed by atoms with Crippen molar-refractivity contribution >= 4 is 11.7 Å². The Morgan fingerprint density at radius 3 is 2.46 bits per heavy atom. The number of rotatable bonds is 6. The highest BCUT2D eigenvalue weighted by molar-refractivity contribution is 5.99. The molecule has 4 heteroatoms. The van der Waals surface area contributed by atoms with Crippen molar-refractivity contribution < 1.29 is 9.53 Å². The maximum Gasteiger partial charge on any atom is 0.336 e. The van der Waals surface area contributed by atoms with Crippen molar-refractivity contribution in [2.24, 2.45) is 16.8 Å². The molecule has 0 saturated carbocycles. The first-order valence-electron chi connectivity index (χ1n) is 9.27. The van der Waals surface area contributed by atoms with Crippen LogP contribution in [0.1, 0.15) is 57.1 Å². The van der Waals surface area contributed by atoms with E-state index in [0.29, 0.717) is 17.9 Å². The smallest absolute Gasteiger partial charge is 0.336 e. The van der Waals surface area contributed by atoms with Crippen LogP contribution in [0, 0.1) is 30.1 Å². The van der Waals surface area contributed by atoms with Crippen molar-refractivity contribution in [1.29, 1.82) is 5.26 Å². The van der Waals surface area contributed by atoms with Gasteiger partial charge in [0.25, 0.3) is 0 Å². The largest absolute Gasteiger partial charge is 0.466 e. The number of ether oxygens (including phenoxy) is 1. The van der Waals surface area contributed by atoms with Gasteiger partial charge in [-0.15, -0.1) is 0 Å². The number of nitriles is 1. The lowest BCUT2D eigenvalue weighted by molar-refractivity contribution is -0.136. The molecule has 0 N–H and O–H groups in total. The maximum absolute atomic E-state index is 12.6. The van der Waals surface area contributed by atoms with Gasteiger partial charge < -0.3 is 4.74 Å². The molecule has 0 bridgehead atoms. The summed E-state index contributed by atoms with van der Waals surface area (Å²) in [4.78, 5) is 17.4. The summed E-state index contributed by atoms with van der Waals surface area (Å²) in [5.74, 6) is -0.770. The molecule has 1 aliphatic rings. The molecule has 1 aromatic rings. The normalized spacial score (nSPS) is 20.0. The highest BCUT2D eigenvalue weighted by Gasteiger charge is 2.39. The van der Waals surface area contributed by atoms with Crippen LogP contribution in [0.4, 0.5) is 0 Å². The minimum absolute atomic E-state index is 0.333. The summed E-state index contributed by atoms with van der Waals surface area (Å²) < 4.78 is 5.08. The molecule has 2 rings (SSSR count). The summed E-state index contributed by atoms with van der Waals surface area (Å²) in [6.07, 6.45) is 2.33. The molecule has 0 aliphatic carbocycles. The van der Waals surface area contributed by atoms with Crippen molar-refractivity contribution in [2.75, 3.05) is 7.11 Å². The van der Waals surface area contributed by atoms with Crippen molar-refractivity contribution in [3.05, 3.63) is 46.7 Å². The Hall–Kier alpha value is -2.41. The van der Waals surface area contributed by atoms with E-state index in [0.717, 1.165) is 35.4 Å². The fraction of sp³-hybridized carbons (Fsp3) is 0.500. The van der Waals surface area contributed by atoms with Gasteiger partial charge in [0.1, 0.15) is 0 Å². The number of esters is 1. The summed E-state index contributed by atoms with van der Waals surface area (Å²) in [6, 6.07) is 10.5. The molecule has 1 aliphatic heterocycles. The van der Waals surface area contributed by atoms with Crippen LogP contribution in [0.3, 0.4) is 0 Å². The second-order valence-electron chi connectivity index (χ2n) is 7.30. The maximum atomic E-state index is 12.6. The molecule has 0 aromatic heterocycles. The van der Waals surface area contributed by atoms with Gasteiger partial charge in [-0.25, -0.2) is 4.79 Å². The second kappa shape index (κ2) is 8.80. The van der Waals surface area contributed by atoms with Crippen LogP contribution in [-0.2, 0) is 9.53 Å². The number of aliphatic imine (C=N–C) groups is 1. The summed E-state index contributed by atoms with van der Waals surface area (Å²) >= 11 is 0. The van der Waals surface area contributed by atoms with Gasteiger partial charge in [-0.05, 0) is 31.2 Å². The zero-order valence-corrected chi connectivity index (χ0v) is 16.4. The van der Waals surface area contributed by atoms with Gasteiger partial charge in [-0.1, -0.05) is 57.0 Å². The molecule has 0 radical (unpaired) electrons. The molecule has 1 heterocycles. The first kappa shape index (κ1) is 19.9. The van der Waals surface area contributed by atoms with Gasteiger partial charge in [-0.2, -0.15) is 5.26 Å². The van der Waals surface area contributed by atoms with E-state index in [1.165, 1.54) is 7.11 Å². The van der Waals surface area contributed by atoms with E-state index in [1.807, 2.05) is 31.2 Å². The SMILES string of the molecule is CCCC1=C(C(=O)OC)C(c2ccc(C)cc2)C(C#N)C(CC(C)C)=N1. The molecule has 26 heavy (non-hydrogen) atoms. The predicted octanol–water partition coefficient (Wildman–Crippen LogP) is 4.95. The number of aryl methyl sites for hydroxylation is 1. The van der Waals surface area contributed by atoms with Gasteiger partial charge in [0.2, 0.25) is 0 Å². The number of hydrogen-bond donors (Lipinski definition) is 0. The van der Waals surface area contributed by atoms with E-state index in [-0.39, 0.29) is 11.9 Å². The topological polar surface area (TPSA) is 62.5 Å². The van der Waals surface area contributed by atoms with Crippen LogP contribution in [0.2, 0.25) is 0 Å². The molecule has 0 fully saturated rings. The zero-order valence-electron chi connectivity index (χ0n) is 16.4. The van der Waals surface area contributed by atoms with E-state index in [9.17, 15) is 10.1 Å². The number of hydrogen-bond acceptors (Lipinski definition) is 4. The van der Waals surface area contributed by atoms with Crippen molar-refractivity contribution in [3.8, 4) is 6.07 Å². The Bertz CT molecular complexity index is 751. The quantitative estimate of drug-likeness (QED) is 0.681. The lowest BCUT2D eigenvalue weighted by atomic mass is 9.74. The Labute approximate surface area is 156 Å². The van der Waals surface area contributed by atoms with Gasteiger partial charge in [0.15, 0.2) is 0 Å². The monoisotopic (exact) mass is 352 g/mol. The third kappa shape index (κ3) is 4.22. The highest BCUT2D eigenvalue weighted by Crippen LogP contribution is 2.41. The summed E-state index contributed by atoms with van der Waals surface area (Å²) in [5.41, 5.74) is 4.30. The van der Waals surface area contributed by atoms with E-state index < -0.39 is 5.92 Å². The molecule has 0 saturated heterocycles. The van der Waals surface area contributed by atoms with E-state index in [4.69, 9.17) is 9.73 Å². The number of benzene rings is 1. The average molecular weight is 352 g/mol. The van der Waals surface area contributed by atoms with E-state index >= 15 is 0 Å². The van der Waals surface area contributed by atoms with Gasteiger partial charge >= 0.3 is 5.97 Å². The predicted molar refractivity (Wildman–Crippen MR) is 104 cm³/mol. The molecule has 0 amide bonds. The number of allylic oxidation sites excluding steroid dienone is 1. The zero-order chi connectivity index (χ0) is 19.3. The van der Waals surface area contributed by atoms with Crippen LogP contribution in [0.5, 0.6) is 0 Å². The van der Waals surface area contributed by atoms with Gasteiger partial charge in [0, 0.05) is 11.6 Å². The molecule has 1 aromatic carbocycles. The minimum atomic E-state index is -0.449. The standard InChI is InChI=1S/C22H28N2O2/c1-6-7-18-21(22(25)26-5)20(16-10-8-15(4)9-11-16)17(13-23)19(24-18)12-14(2)3/h8-11,14,17,20H,6-7,12H2,1-5H3. The Kier molecular flexibility index (Phi) is 6.74. The summed E-state index contributed by atoms with van der Waals surface area (Å²) in [7, 11) is 1.39. The van der Waals surface area contributed by atoms with Crippen LogP contribution < -0.4 is 0 Å². The molecular weight excluding hydrogens is 324 g/mol. The number of carbonyl (C=O) groups excluding carboxylic acids is 1. The third-order valence-corrected chi connectivity index (χ3v) is 4.68. The average Bonchev–Trinajstić information content (AvgIpc) is 2.61. The van der Waals surface area contributed by atoms with Crippen LogP contribution in [0.25, 0.3) is 0 Å². The Morgan fingerprint density at radius 2 is 1.96 bits per heavy atom. The van der Waals surface area contributed by atoms with Crippen LogP contribution >= 0.6 is 0 Å². The third-order valence-electron chi connectivity index (χ3n) is 4.68. The number of carbonyl (C=O) groups is 1. The van der Waals surface area contributed by atoms with Crippen LogP contribution in [0.15, 0.2) is 40.5 Å². The van der Waals surface area contributed by atoms with Crippen LogP contribution in [-0.4, -0.2) is 18.8 Å². The second-order valence-corrected chi connectivity index (χ2v) is 7.30. The minimum Gasteiger partial charge on any atom is -0.466 e. The van der Waals surface area contributed by atoms with Crippen molar-refractivity contribution in [2.45, 2.75) is 52.9 Å². The van der Waals surface area contributed by atoms with E-state index in [1.54, 1.807) is 0 Å². The fourth-order valence-electron chi connectivity index (χ4n) is 3.50. The first-order chi connectivity index (χ1) is 12.4. The summed E-state index contributed by atoms with van der Waals surface area (Å²) in [5, 5.41) is 9.94. The molecule has 0 spiro atoms. The Balaban J connectivity index is 2.68. The molecule has 2 unspecified atom stereocenters.